The molecule has 0 aliphatic heterocycles. The molecule has 0 amide bonds. The molecule has 0 atom stereocenters. The molecule has 2 heterocycles. The van der Waals surface area contributed by atoms with Crippen LogP contribution >= 0.6 is 11.6 Å². The van der Waals surface area contributed by atoms with E-state index in [-0.39, 0.29) is 10.7 Å². The van der Waals surface area contributed by atoms with Crippen molar-refractivity contribution in [3.05, 3.63) is 44.9 Å². The summed E-state index contributed by atoms with van der Waals surface area (Å²) in [6.07, 6.45) is 1.41. The summed E-state index contributed by atoms with van der Waals surface area (Å²) in [5.74, 6) is 0.708. The van der Waals surface area contributed by atoms with Crippen LogP contribution in [0.3, 0.4) is 0 Å². The Hall–Kier alpha value is -1.62. The number of nitrogens with zero attached hydrogens (tertiary/aromatic N) is 3. The molecular weight excluding hydrogens is 230 g/mol. The Balaban J connectivity index is 2.38. The molecule has 6 heteroatoms. The second kappa shape index (κ2) is 4.09. The van der Waals surface area contributed by atoms with Crippen molar-refractivity contribution < 1.29 is 4.52 Å². The topological polar surface area (TPSA) is 60.9 Å². The first-order valence-electron chi connectivity index (χ1n) is 4.71. The van der Waals surface area contributed by atoms with Gasteiger partial charge in [-0.15, -0.1) is 0 Å². The van der Waals surface area contributed by atoms with Crippen LogP contribution in [0.15, 0.2) is 21.7 Å². The molecule has 0 fully saturated rings. The molecule has 0 radical (unpaired) electrons. The summed E-state index contributed by atoms with van der Waals surface area (Å²) in [6.45, 7) is 4.04. The second-order valence-electron chi connectivity index (χ2n) is 3.48. The zero-order valence-electron chi connectivity index (χ0n) is 8.90. The van der Waals surface area contributed by atoms with E-state index in [1.165, 1.54) is 17.0 Å². The minimum absolute atomic E-state index is 0.194. The van der Waals surface area contributed by atoms with Crippen molar-refractivity contribution in [1.29, 1.82) is 0 Å². The van der Waals surface area contributed by atoms with E-state index in [4.69, 9.17) is 16.1 Å². The molecule has 0 N–H and O–H groups in total. The van der Waals surface area contributed by atoms with Crippen LogP contribution in [0.2, 0.25) is 5.15 Å². The molecular formula is C10H10ClN3O2. The third-order valence-corrected chi connectivity index (χ3v) is 2.56. The van der Waals surface area contributed by atoms with E-state index < -0.39 is 0 Å². The van der Waals surface area contributed by atoms with Crippen molar-refractivity contribution in [1.82, 2.24) is 14.7 Å². The fourth-order valence-corrected chi connectivity index (χ4v) is 1.56. The zero-order valence-corrected chi connectivity index (χ0v) is 9.65. The number of aromatic nitrogens is 3. The van der Waals surface area contributed by atoms with Gasteiger partial charge in [-0.05, 0) is 13.8 Å². The third kappa shape index (κ3) is 1.99. The van der Waals surface area contributed by atoms with E-state index in [0.29, 0.717) is 12.3 Å². The average Bonchev–Trinajstić information content (AvgIpc) is 2.53. The zero-order chi connectivity index (χ0) is 11.7. The van der Waals surface area contributed by atoms with Crippen molar-refractivity contribution in [2.24, 2.45) is 0 Å². The highest BCUT2D eigenvalue weighted by Crippen LogP contribution is 2.12. The van der Waals surface area contributed by atoms with E-state index in [0.717, 1.165) is 11.3 Å². The van der Waals surface area contributed by atoms with E-state index in [2.05, 4.69) is 10.1 Å². The second-order valence-corrected chi connectivity index (χ2v) is 3.87. The Bertz CT molecular complexity index is 554. The maximum atomic E-state index is 11.6. The molecule has 2 rings (SSSR count). The fourth-order valence-electron chi connectivity index (χ4n) is 1.42. The molecule has 0 bridgehead atoms. The quantitative estimate of drug-likeness (QED) is 0.746. The van der Waals surface area contributed by atoms with Crippen molar-refractivity contribution in [2.75, 3.05) is 0 Å². The van der Waals surface area contributed by atoms with Crippen LogP contribution < -0.4 is 5.56 Å². The first-order valence-corrected chi connectivity index (χ1v) is 5.09. The highest BCUT2D eigenvalue weighted by Gasteiger charge is 2.10. The van der Waals surface area contributed by atoms with Gasteiger partial charge in [-0.1, -0.05) is 16.8 Å². The summed E-state index contributed by atoms with van der Waals surface area (Å²) in [6, 6.07) is 1.28. The summed E-state index contributed by atoms with van der Waals surface area (Å²) in [4.78, 5) is 15.4. The van der Waals surface area contributed by atoms with Crippen LogP contribution in [-0.2, 0) is 6.54 Å². The van der Waals surface area contributed by atoms with Gasteiger partial charge in [0.1, 0.15) is 10.9 Å². The molecule has 0 spiro atoms. The maximum Gasteiger partial charge on any atom is 0.255 e. The Kier molecular flexibility index (Phi) is 2.78. The maximum absolute atomic E-state index is 11.6. The lowest BCUT2D eigenvalue weighted by molar-refractivity contribution is 0.392. The lowest BCUT2D eigenvalue weighted by Gasteiger charge is -2.03. The molecule has 2 aromatic rings. The molecule has 84 valence electrons. The summed E-state index contributed by atoms with van der Waals surface area (Å²) in [5, 5.41) is 4.02. The molecule has 0 saturated carbocycles. The Morgan fingerprint density at radius 2 is 2.25 bits per heavy atom. The van der Waals surface area contributed by atoms with Gasteiger partial charge in [-0.25, -0.2) is 4.98 Å². The Morgan fingerprint density at radius 1 is 1.50 bits per heavy atom. The van der Waals surface area contributed by atoms with Crippen LogP contribution in [0.4, 0.5) is 0 Å². The van der Waals surface area contributed by atoms with Gasteiger partial charge >= 0.3 is 0 Å². The molecule has 2 aromatic heterocycles. The Morgan fingerprint density at radius 3 is 2.81 bits per heavy atom. The van der Waals surface area contributed by atoms with Crippen molar-refractivity contribution in [2.45, 2.75) is 20.4 Å². The van der Waals surface area contributed by atoms with Gasteiger partial charge < -0.3 is 4.52 Å². The predicted molar refractivity (Wildman–Crippen MR) is 58.6 cm³/mol. The first kappa shape index (κ1) is 10.9. The van der Waals surface area contributed by atoms with Crippen LogP contribution in [0.1, 0.15) is 17.0 Å². The lowest BCUT2D eigenvalue weighted by atomic mass is 10.2. The minimum Gasteiger partial charge on any atom is -0.361 e. The SMILES string of the molecule is Cc1noc(C)c1Cn1cnc(Cl)cc1=O. The smallest absolute Gasteiger partial charge is 0.255 e. The van der Waals surface area contributed by atoms with Crippen molar-refractivity contribution in [3.63, 3.8) is 0 Å². The van der Waals surface area contributed by atoms with Gasteiger partial charge in [0.05, 0.1) is 18.6 Å². The molecule has 5 nitrogen and oxygen atoms in total. The molecule has 0 aromatic carbocycles. The van der Waals surface area contributed by atoms with Gasteiger partial charge in [0, 0.05) is 11.6 Å². The van der Waals surface area contributed by atoms with Gasteiger partial charge in [-0.3, -0.25) is 9.36 Å². The average molecular weight is 240 g/mol. The number of halogens is 1. The van der Waals surface area contributed by atoms with Gasteiger partial charge in [0.25, 0.3) is 5.56 Å². The molecule has 0 aliphatic rings. The lowest BCUT2D eigenvalue weighted by Crippen LogP contribution is -2.20. The molecule has 0 unspecified atom stereocenters. The summed E-state index contributed by atoms with van der Waals surface area (Å²) in [5.41, 5.74) is 1.48. The van der Waals surface area contributed by atoms with Gasteiger partial charge in [0.2, 0.25) is 0 Å². The number of aryl methyl sites for hydroxylation is 2. The fraction of sp³-hybridized carbons (Fsp3) is 0.300. The standard InChI is InChI=1S/C10H10ClN3O2/c1-6-8(7(2)16-13-6)4-14-5-12-9(11)3-10(14)15/h3,5H,4H2,1-2H3. The van der Waals surface area contributed by atoms with Gasteiger partial charge in [0.15, 0.2) is 0 Å². The van der Waals surface area contributed by atoms with E-state index in [9.17, 15) is 4.79 Å². The van der Waals surface area contributed by atoms with E-state index in [1.807, 2.05) is 13.8 Å². The van der Waals surface area contributed by atoms with Gasteiger partial charge in [-0.2, -0.15) is 0 Å². The molecule has 0 saturated heterocycles. The highest BCUT2D eigenvalue weighted by molar-refractivity contribution is 6.29. The summed E-state index contributed by atoms with van der Waals surface area (Å²) in [7, 11) is 0. The predicted octanol–water partition coefficient (Wildman–Crippen LogP) is 1.55. The van der Waals surface area contributed by atoms with Crippen LogP contribution in [-0.4, -0.2) is 14.7 Å². The summed E-state index contributed by atoms with van der Waals surface area (Å²) < 4.78 is 6.48. The first-order chi connectivity index (χ1) is 7.58. The third-order valence-electron chi connectivity index (χ3n) is 2.36. The number of rotatable bonds is 2. The Labute approximate surface area is 96.7 Å². The highest BCUT2D eigenvalue weighted by atomic mass is 35.5. The van der Waals surface area contributed by atoms with Crippen LogP contribution in [0.5, 0.6) is 0 Å². The summed E-state index contributed by atoms with van der Waals surface area (Å²) >= 11 is 5.61. The van der Waals surface area contributed by atoms with E-state index in [1.54, 1.807) is 0 Å². The van der Waals surface area contributed by atoms with Crippen molar-refractivity contribution in [3.8, 4) is 0 Å². The normalized spacial score (nSPS) is 10.7. The number of hydrogen-bond acceptors (Lipinski definition) is 4. The van der Waals surface area contributed by atoms with Crippen LogP contribution in [0.25, 0.3) is 0 Å². The molecule has 0 aliphatic carbocycles. The largest absolute Gasteiger partial charge is 0.361 e. The molecule has 16 heavy (non-hydrogen) atoms. The number of hydrogen-bond donors (Lipinski definition) is 0. The van der Waals surface area contributed by atoms with E-state index >= 15 is 0 Å². The minimum atomic E-state index is -0.194. The van der Waals surface area contributed by atoms with Crippen molar-refractivity contribution >= 4 is 11.6 Å². The van der Waals surface area contributed by atoms with Crippen LogP contribution in [0, 0.1) is 13.8 Å². The monoisotopic (exact) mass is 239 g/mol.